The van der Waals surface area contributed by atoms with Crippen LogP contribution in [0, 0.1) is 0 Å². The Balaban J connectivity index is 1.59. The first kappa shape index (κ1) is 25.5. The van der Waals surface area contributed by atoms with Gasteiger partial charge in [0.05, 0.1) is 6.10 Å². The minimum Gasteiger partial charge on any atom is -0.508 e. The molecule has 2 aliphatic rings. The van der Waals surface area contributed by atoms with E-state index in [1.54, 1.807) is 12.1 Å². The largest absolute Gasteiger partial charge is 0.508 e. The molecule has 12 nitrogen and oxygen atoms in total. The highest BCUT2D eigenvalue weighted by molar-refractivity contribution is 5.87. The van der Waals surface area contributed by atoms with Gasteiger partial charge in [0.2, 0.25) is 0 Å². The molecule has 7 N–H and O–H groups in total. The van der Waals surface area contributed by atoms with Gasteiger partial charge in [-0.3, -0.25) is 0 Å². The molecule has 0 bridgehead atoms. The van der Waals surface area contributed by atoms with Crippen LogP contribution in [0.4, 0.5) is 0 Å². The second kappa shape index (κ2) is 10.9. The SMILES string of the molecule is C[C@@H]1O[C@@H](O[C@@H]2[C@@H](O)[C@H](O)O[C@H](COC(=O)/C=C/c3ccc(O)cc3)[C@H]2O)[C@H](O)[C@H](O)[C@H]1O. The van der Waals surface area contributed by atoms with Crippen molar-refractivity contribution in [3.05, 3.63) is 35.9 Å². The number of carbonyl (C=O) groups excluding carboxylic acids is 1. The average molecular weight is 472 g/mol. The minimum atomic E-state index is -1.82. The number of aromatic hydroxyl groups is 1. The van der Waals surface area contributed by atoms with Crippen LogP contribution < -0.4 is 0 Å². The summed E-state index contributed by atoms with van der Waals surface area (Å²) in [6.45, 7) is 0.922. The van der Waals surface area contributed by atoms with Crippen molar-refractivity contribution in [1.82, 2.24) is 0 Å². The molecule has 2 heterocycles. The lowest BCUT2D eigenvalue weighted by Crippen LogP contribution is -2.64. The molecule has 0 amide bonds. The summed E-state index contributed by atoms with van der Waals surface area (Å²) in [5.74, 6) is -0.712. The van der Waals surface area contributed by atoms with Crippen LogP contribution in [-0.4, -0.2) is 110 Å². The van der Waals surface area contributed by atoms with E-state index in [0.29, 0.717) is 5.56 Å². The predicted octanol–water partition coefficient (Wildman–Crippen LogP) is -2.40. The maximum atomic E-state index is 12.0. The molecule has 0 aromatic heterocycles. The van der Waals surface area contributed by atoms with Gasteiger partial charge in [0, 0.05) is 6.08 Å². The second-order valence-electron chi connectivity index (χ2n) is 7.88. The number of ether oxygens (including phenoxy) is 4. The Labute approximate surface area is 188 Å². The highest BCUT2D eigenvalue weighted by atomic mass is 16.7. The Bertz CT molecular complexity index is 814. The Hall–Kier alpha value is -2.13. The van der Waals surface area contributed by atoms with Gasteiger partial charge < -0.3 is 54.7 Å². The monoisotopic (exact) mass is 472 g/mol. The van der Waals surface area contributed by atoms with Gasteiger partial charge in [0.25, 0.3) is 0 Å². The number of benzene rings is 1. The number of aliphatic hydroxyl groups excluding tert-OH is 6. The van der Waals surface area contributed by atoms with E-state index in [1.807, 2.05) is 0 Å². The molecule has 0 saturated carbocycles. The molecular formula is C21H28O12. The number of aliphatic hydroxyl groups is 6. The number of rotatable bonds is 6. The molecule has 0 unspecified atom stereocenters. The van der Waals surface area contributed by atoms with Crippen molar-refractivity contribution in [2.45, 2.75) is 68.3 Å². The Morgan fingerprint density at radius 3 is 2.27 bits per heavy atom. The van der Waals surface area contributed by atoms with Crippen LogP contribution in [0.2, 0.25) is 0 Å². The van der Waals surface area contributed by atoms with E-state index < -0.39 is 74.0 Å². The summed E-state index contributed by atoms with van der Waals surface area (Å²) in [5.41, 5.74) is 0.623. The zero-order chi connectivity index (χ0) is 24.3. The molecule has 3 rings (SSSR count). The summed E-state index contributed by atoms with van der Waals surface area (Å²) in [4.78, 5) is 12.0. The fraction of sp³-hybridized carbons (Fsp3) is 0.571. The van der Waals surface area contributed by atoms with Crippen molar-refractivity contribution in [2.24, 2.45) is 0 Å². The van der Waals surface area contributed by atoms with Crippen LogP contribution in [0.5, 0.6) is 5.75 Å². The number of phenols is 1. The molecular weight excluding hydrogens is 444 g/mol. The number of esters is 1. The van der Waals surface area contributed by atoms with Gasteiger partial charge >= 0.3 is 5.97 Å². The van der Waals surface area contributed by atoms with Gasteiger partial charge in [-0.25, -0.2) is 4.79 Å². The maximum Gasteiger partial charge on any atom is 0.330 e. The maximum absolute atomic E-state index is 12.0. The van der Waals surface area contributed by atoms with E-state index in [4.69, 9.17) is 18.9 Å². The smallest absolute Gasteiger partial charge is 0.330 e. The fourth-order valence-electron chi connectivity index (χ4n) is 3.46. The van der Waals surface area contributed by atoms with E-state index in [9.17, 15) is 40.5 Å². The molecule has 12 heteroatoms. The number of carbonyl (C=O) groups is 1. The van der Waals surface area contributed by atoms with Gasteiger partial charge in [-0.2, -0.15) is 0 Å². The van der Waals surface area contributed by atoms with Crippen LogP contribution in [0.3, 0.4) is 0 Å². The molecule has 1 aromatic rings. The van der Waals surface area contributed by atoms with Crippen molar-refractivity contribution in [2.75, 3.05) is 6.61 Å². The molecule has 10 atom stereocenters. The highest BCUT2D eigenvalue weighted by Crippen LogP contribution is 2.28. The molecule has 0 radical (unpaired) electrons. The Morgan fingerprint density at radius 2 is 1.61 bits per heavy atom. The van der Waals surface area contributed by atoms with Gasteiger partial charge in [-0.05, 0) is 30.7 Å². The van der Waals surface area contributed by atoms with Crippen LogP contribution in [-0.2, 0) is 23.7 Å². The first-order valence-corrected chi connectivity index (χ1v) is 10.3. The quantitative estimate of drug-likeness (QED) is 0.172. The lowest BCUT2D eigenvalue weighted by molar-refractivity contribution is -0.352. The predicted molar refractivity (Wildman–Crippen MR) is 108 cm³/mol. The third-order valence-electron chi connectivity index (χ3n) is 5.45. The van der Waals surface area contributed by atoms with Crippen LogP contribution in [0.1, 0.15) is 12.5 Å². The van der Waals surface area contributed by atoms with Crippen molar-refractivity contribution < 1.29 is 59.5 Å². The third-order valence-corrected chi connectivity index (χ3v) is 5.45. The Morgan fingerprint density at radius 1 is 0.939 bits per heavy atom. The lowest BCUT2D eigenvalue weighted by atomic mass is 9.97. The van der Waals surface area contributed by atoms with E-state index >= 15 is 0 Å². The molecule has 0 spiro atoms. The van der Waals surface area contributed by atoms with Gasteiger partial charge in [0.1, 0.15) is 55.1 Å². The minimum absolute atomic E-state index is 0.0713. The van der Waals surface area contributed by atoms with E-state index in [1.165, 1.54) is 25.1 Å². The van der Waals surface area contributed by atoms with E-state index in [0.717, 1.165) is 6.08 Å². The first-order valence-electron chi connectivity index (χ1n) is 10.3. The van der Waals surface area contributed by atoms with Crippen LogP contribution >= 0.6 is 0 Å². The van der Waals surface area contributed by atoms with E-state index in [2.05, 4.69) is 0 Å². The molecule has 0 aliphatic carbocycles. The highest BCUT2D eigenvalue weighted by Gasteiger charge is 2.50. The lowest BCUT2D eigenvalue weighted by Gasteiger charge is -2.45. The molecule has 1 aromatic carbocycles. The molecule has 33 heavy (non-hydrogen) atoms. The summed E-state index contributed by atoms with van der Waals surface area (Å²) >= 11 is 0. The summed E-state index contributed by atoms with van der Waals surface area (Å²) in [6.07, 6.45) is -12.6. The summed E-state index contributed by atoms with van der Waals surface area (Å²) in [5, 5.41) is 69.8. The van der Waals surface area contributed by atoms with Crippen molar-refractivity contribution in [3.63, 3.8) is 0 Å². The fourth-order valence-corrected chi connectivity index (χ4v) is 3.46. The molecule has 2 saturated heterocycles. The number of phenolic OH excluding ortho intramolecular Hbond substituents is 1. The Kier molecular flexibility index (Phi) is 8.39. The van der Waals surface area contributed by atoms with Crippen LogP contribution in [0.15, 0.2) is 30.3 Å². The topological polar surface area (TPSA) is 196 Å². The number of hydrogen-bond acceptors (Lipinski definition) is 12. The molecule has 2 aliphatic heterocycles. The standard InChI is InChI=1S/C21H28O12/c1-9-14(24)16(26)17(27)21(31-9)33-19-15(25)12(32-20(29)18(19)28)8-30-13(23)7-4-10-2-5-11(22)6-3-10/h2-7,9,12,14-22,24-29H,8H2,1H3/b7-4+/t9-,12+,14-,15+,16+,17+,18+,19-,20+,21-/m0/s1. The van der Waals surface area contributed by atoms with Crippen molar-refractivity contribution in [3.8, 4) is 5.75 Å². The molecule has 2 fully saturated rings. The number of hydrogen-bond donors (Lipinski definition) is 7. The van der Waals surface area contributed by atoms with E-state index in [-0.39, 0.29) is 5.75 Å². The average Bonchev–Trinajstić information content (AvgIpc) is 2.79. The second-order valence-corrected chi connectivity index (χ2v) is 7.88. The summed E-state index contributed by atoms with van der Waals surface area (Å²) in [6, 6.07) is 6.03. The normalized spacial score (nSPS) is 39.5. The van der Waals surface area contributed by atoms with Gasteiger partial charge in [-0.15, -0.1) is 0 Å². The molecule has 184 valence electrons. The zero-order valence-electron chi connectivity index (χ0n) is 17.6. The summed E-state index contributed by atoms with van der Waals surface area (Å²) < 4.78 is 20.8. The first-order chi connectivity index (χ1) is 15.6. The van der Waals surface area contributed by atoms with Crippen molar-refractivity contribution in [1.29, 1.82) is 0 Å². The van der Waals surface area contributed by atoms with Crippen LogP contribution in [0.25, 0.3) is 6.08 Å². The van der Waals surface area contributed by atoms with Gasteiger partial charge in [-0.1, -0.05) is 12.1 Å². The summed E-state index contributed by atoms with van der Waals surface area (Å²) in [7, 11) is 0. The zero-order valence-corrected chi connectivity index (χ0v) is 17.6. The third kappa shape index (κ3) is 6.06. The van der Waals surface area contributed by atoms with Crippen molar-refractivity contribution >= 4 is 12.0 Å². The van der Waals surface area contributed by atoms with Gasteiger partial charge in [0.15, 0.2) is 12.6 Å².